The van der Waals surface area contributed by atoms with Crippen molar-refractivity contribution >= 4 is 33.6 Å². The summed E-state index contributed by atoms with van der Waals surface area (Å²) in [5, 5.41) is 0. The fourth-order valence-electron chi connectivity index (χ4n) is 4.31. The number of nitrogens with zero attached hydrogens (tertiary/aromatic N) is 2. The number of carbonyl (C=O) groups is 2. The van der Waals surface area contributed by atoms with E-state index >= 15 is 0 Å². The first-order valence-electron chi connectivity index (χ1n) is 11.1. The molecule has 0 radical (unpaired) electrons. The lowest BCUT2D eigenvalue weighted by Crippen LogP contribution is -3.00. The average Bonchev–Trinajstić information content (AvgIpc) is 2.81. The molecule has 2 aromatic carbocycles. The Hall–Kier alpha value is -1.65. The third kappa shape index (κ3) is 8.57. The van der Waals surface area contributed by atoms with Crippen LogP contribution in [0.2, 0.25) is 0 Å². The number of rotatable bonds is 12. The van der Waals surface area contributed by atoms with Gasteiger partial charge in [0.1, 0.15) is 6.04 Å². The SMILES string of the molecule is CC[N+](CCCC(=O)OC)(CCCN(C(N)=O)c1ccc(Br)cc1)[C@@H](C)c1ccccc1.[I-]. The van der Waals surface area contributed by atoms with Crippen molar-refractivity contribution < 1.29 is 42.8 Å². The topological polar surface area (TPSA) is 72.6 Å². The van der Waals surface area contributed by atoms with Gasteiger partial charge >= 0.3 is 12.0 Å². The number of benzene rings is 2. The summed E-state index contributed by atoms with van der Waals surface area (Å²) in [7, 11) is 1.43. The number of primary amides is 1. The van der Waals surface area contributed by atoms with E-state index in [-0.39, 0.29) is 36.0 Å². The Labute approximate surface area is 223 Å². The first-order valence-corrected chi connectivity index (χ1v) is 11.9. The molecule has 0 saturated heterocycles. The number of quaternary nitrogens is 1. The molecule has 0 fully saturated rings. The second kappa shape index (κ2) is 14.6. The average molecular weight is 632 g/mol. The van der Waals surface area contributed by atoms with Crippen LogP contribution >= 0.6 is 15.9 Å². The van der Waals surface area contributed by atoms with Crippen LogP contribution in [-0.4, -0.2) is 49.8 Å². The Bertz CT molecular complexity index is 867. The number of nitrogens with two attached hydrogens (primary N) is 1. The molecule has 2 amide bonds. The highest BCUT2D eigenvalue weighted by atomic mass is 127. The summed E-state index contributed by atoms with van der Waals surface area (Å²) in [6.07, 6.45) is 1.95. The van der Waals surface area contributed by atoms with Gasteiger partial charge in [-0.15, -0.1) is 0 Å². The maximum atomic E-state index is 12.1. The van der Waals surface area contributed by atoms with Crippen LogP contribution in [0.4, 0.5) is 10.5 Å². The van der Waals surface area contributed by atoms with Crippen molar-refractivity contribution in [3.05, 3.63) is 64.6 Å². The molecule has 2 atom stereocenters. The lowest BCUT2D eigenvalue weighted by atomic mass is 10.0. The van der Waals surface area contributed by atoms with Gasteiger partial charge in [-0.1, -0.05) is 46.3 Å². The minimum atomic E-state index is -0.455. The molecule has 6 nitrogen and oxygen atoms in total. The number of anilines is 1. The number of urea groups is 1. The van der Waals surface area contributed by atoms with Gasteiger partial charge in [-0.3, -0.25) is 9.69 Å². The molecule has 0 aliphatic carbocycles. The van der Waals surface area contributed by atoms with Crippen LogP contribution < -0.4 is 34.6 Å². The van der Waals surface area contributed by atoms with E-state index in [1.165, 1.54) is 12.7 Å². The van der Waals surface area contributed by atoms with E-state index < -0.39 is 6.03 Å². The lowest BCUT2D eigenvalue weighted by molar-refractivity contribution is -0.954. The Morgan fingerprint density at radius 2 is 1.67 bits per heavy atom. The first kappa shape index (κ1) is 29.4. The third-order valence-electron chi connectivity index (χ3n) is 6.33. The molecule has 0 bridgehead atoms. The standard InChI is InChI=1S/C25H34BrN3O3.HI/c1-4-29(18-8-12-24(30)32-3,20(2)21-10-6-5-7-11-21)19-9-17-28(25(27)31)23-15-13-22(26)14-16-23;/h5-7,10-11,13-16,20H,4,8-9,12,17-19H2,1-3H3,(H-,27,31);1H/t20-,29?;/m0./s1. The normalized spacial score (nSPS) is 13.3. The van der Waals surface area contributed by atoms with Crippen LogP contribution in [0.5, 0.6) is 0 Å². The van der Waals surface area contributed by atoms with E-state index in [4.69, 9.17) is 10.5 Å². The van der Waals surface area contributed by atoms with Gasteiger partial charge in [0.15, 0.2) is 0 Å². The number of ether oxygens (including phenoxy) is 1. The highest BCUT2D eigenvalue weighted by Crippen LogP contribution is 2.30. The van der Waals surface area contributed by atoms with Crippen LogP contribution in [-0.2, 0) is 9.53 Å². The zero-order valence-electron chi connectivity index (χ0n) is 19.7. The van der Waals surface area contributed by atoms with Crippen molar-refractivity contribution in [3.63, 3.8) is 0 Å². The van der Waals surface area contributed by atoms with Crippen LogP contribution in [0.3, 0.4) is 0 Å². The molecule has 0 spiro atoms. The molecule has 8 heteroatoms. The molecule has 2 N–H and O–H groups in total. The fraction of sp³-hybridized carbons (Fsp3) is 0.440. The molecule has 0 aliphatic heterocycles. The maximum absolute atomic E-state index is 12.1. The first-order chi connectivity index (χ1) is 15.3. The molecule has 2 aromatic rings. The minimum Gasteiger partial charge on any atom is -1.00 e. The second-order valence-corrected chi connectivity index (χ2v) is 8.98. The van der Waals surface area contributed by atoms with Crippen molar-refractivity contribution in [1.29, 1.82) is 0 Å². The molecule has 0 heterocycles. The number of hydrogen-bond acceptors (Lipinski definition) is 3. The highest BCUT2D eigenvalue weighted by Gasteiger charge is 2.33. The van der Waals surface area contributed by atoms with E-state index in [9.17, 15) is 9.59 Å². The van der Waals surface area contributed by atoms with Gasteiger partial charge in [-0.05, 0) is 38.1 Å². The Balaban J connectivity index is 0.00000544. The molecule has 182 valence electrons. The van der Waals surface area contributed by atoms with Gasteiger partial charge in [0.05, 0.1) is 33.2 Å². The summed E-state index contributed by atoms with van der Waals surface area (Å²) < 4.78 is 6.61. The van der Waals surface area contributed by atoms with Crippen molar-refractivity contribution in [3.8, 4) is 0 Å². The second-order valence-electron chi connectivity index (χ2n) is 8.07. The third-order valence-corrected chi connectivity index (χ3v) is 6.86. The van der Waals surface area contributed by atoms with Gasteiger partial charge < -0.3 is 38.9 Å². The monoisotopic (exact) mass is 631 g/mol. The largest absolute Gasteiger partial charge is 1.00 e. The Kier molecular flexibility index (Phi) is 13.0. The Morgan fingerprint density at radius 1 is 1.06 bits per heavy atom. The van der Waals surface area contributed by atoms with E-state index in [0.29, 0.717) is 13.0 Å². The number of methoxy groups -OCH3 is 1. The van der Waals surface area contributed by atoms with Gasteiger partial charge in [0.25, 0.3) is 0 Å². The molecule has 2 rings (SSSR count). The molecule has 0 aromatic heterocycles. The summed E-state index contributed by atoms with van der Waals surface area (Å²) in [6.45, 7) is 7.63. The molecule has 0 saturated carbocycles. The smallest absolute Gasteiger partial charge is 0.319 e. The van der Waals surface area contributed by atoms with E-state index in [2.05, 4.69) is 54.0 Å². The molecule has 0 aliphatic rings. The quantitative estimate of drug-likeness (QED) is 0.222. The fourth-order valence-corrected chi connectivity index (χ4v) is 4.57. The lowest BCUT2D eigenvalue weighted by Gasteiger charge is -2.44. The summed E-state index contributed by atoms with van der Waals surface area (Å²) >= 11 is 3.43. The molecule has 33 heavy (non-hydrogen) atoms. The van der Waals surface area contributed by atoms with Crippen molar-refractivity contribution in [2.24, 2.45) is 5.73 Å². The van der Waals surface area contributed by atoms with Gasteiger partial charge in [-0.25, -0.2) is 4.79 Å². The summed E-state index contributed by atoms with van der Waals surface area (Å²) in [5.74, 6) is -0.179. The summed E-state index contributed by atoms with van der Waals surface area (Å²) in [4.78, 5) is 25.4. The number of hydrogen-bond donors (Lipinski definition) is 1. The van der Waals surface area contributed by atoms with E-state index in [0.717, 1.165) is 47.1 Å². The number of carbonyl (C=O) groups excluding carboxylic acids is 2. The molecular weight excluding hydrogens is 597 g/mol. The van der Waals surface area contributed by atoms with Gasteiger partial charge in [0, 0.05) is 35.1 Å². The van der Waals surface area contributed by atoms with E-state index in [1.807, 2.05) is 30.3 Å². The van der Waals surface area contributed by atoms with Crippen LogP contribution in [0.1, 0.15) is 44.7 Å². The van der Waals surface area contributed by atoms with Crippen LogP contribution in [0.25, 0.3) is 0 Å². The van der Waals surface area contributed by atoms with Crippen molar-refractivity contribution in [1.82, 2.24) is 0 Å². The minimum absolute atomic E-state index is 0. The van der Waals surface area contributed by atoms with Gasteiger partial charge in [-0.2, -0.15) is 0 Å². The number of esters is 1. The van der Waals surface area contributed by atoms with Gasteiger partial charge in [0.2, 0.25) is 0 Å². The predicted octanol–water partition coefficient (Wildman–Crippen LogP) is 2.28. The predicted molar refractivity (Wildman–Crippen MR) is 132 cm³/mol. The zero-order valence-corrected chi connectivity index (χ0v) is 23.4. The van der Waals surface area contributed by atoms with Crippen molar-refractivity contribution in [2.75, 3.05) is 38.2 Å². The van der Waals surface area contributed by atoms with Crippen molar-refractivity contribution in [2.45, 2.75) is 39.2 Å². The highest BCUT2D eigenvalue weighted by molar-refractivity contribution is 9.10. The molecular formula is C25H35BrIN3O3. The maximum Gasteiger partial charge on any atom is 0.319 e. The Morgan fingerprint density at radius 3 is 2.21 bits per heavy atom. The molecule has 1 unspecified atom stereocenters. The summed E-state index contributed by atoms with van der Waals surface area (Å²) in [5.41, 5.74) is 7.75. The van der Waals surface area contributed by atoms with Crippen LogP contribution in [0.15, 0.2) is 59.1 Å². The summed E-state index contributed by atoms with van der Waals surface area (Å²) in [6, 6.07) is 17.9. The number of halogens is 2. The zero-order chi connectivity index (χ0) is 23.6. The van der Waals surface area contributed by atoms with Crippen LogP contribution in [0, 0.1) is 0 Å². The number of amides is 2. The van der Waals surface area contributed by atoms with E-state index in [1.54, 1.807) is 4.90 Å².